The lowest BCUT2D eigenvalue weighted by molar-refractivity contribution is -0.141. The van der Waals surface area contributed by atoms with E-state index >= 15 is 0 Å². The second-order valence-electron chi connectivity index (χ2n) is 6.18. The van der Waals surface area contributed by atoms with Crippen LogP contribution in [0.1, 0.15) is 12.1 Å². The highest BCUT2D eigenvalue weighted by molar-refractivity contribution is 7.99. The number of aromatic nitrogens is 2. The Morgan fingerprint density at radius 3 is 2.63 bits per heavy atom. The van der Waals surface area contributed by atoms with Gasteiger partial charge in [-0.1, -0.05) is 11.8 Å². The summed E-state index contributed by atoms with van der Waals surface area (Å²) in [5.74, 6) is 0.538. The summed E-state index contributed by atoms with van der Waals surface area (Å²) in [5, 5.41) is -0.0256. The van der Waals surface area contributed by atoms with E-state index in [1.165, 1.54) is 12.3 Å². The maximum Gasteiger partial charge on any atom is 0.433 e. The van der Waals surface area contributed by atoms with Gasteiger partial charge in [-0.3, -0.25) is 4.79 Å². The molecule has 0 aromatic carbocycles. The zero-order valence-corrected chi connectivity index (χ0v) is 15.5. The first kappa shape index (κ1) is 19.7. The van der Waals surface area contributed by atoms with E-state index in [4.69, 9.17) is 4.42 Å². The van der Waals surface area contributed by atoms with E-state index in [9.17, 15) is 18.0 Å². The van der Waals surface area contributed by atoms with Crippen molar-refractivity contribution in [1.82, 2.24) is 19.8 Å². The predicted octanol–water partition coefficient (Wildman–Crippen LogP) is 3.01. The fourth-order valence-corrected chi connectivity index (χ4v) is 3.41. The van der Waals surface area contributed by atoms with Crippen molar-refractivity contribution in [2.45, 2.75) is 17.8 Å². The number of likely N-dealkylation sites (N-methyl/N-ethyl adjacent to an activating group) is 1. The van der Waals surface area contributed by atoms with Crippen LogP contribution in [-0.4, -0.2) is 64.7 Å². The number of carbonyl (C=O) groups is 1. The van der Waals surface area contributed by atoms with Crippen molar-refractivity contribution in [3.8, 4) is 11.5 Å². The van der Waals surface area contributed by atoms with Crippen molar-refractivity contribution in [2.24, 2.45) is 0 Å². The molecule has 0 spiro atoms. The maximum absolute atomic E-state index is 13.1. The van der Waals surface area contributed by atoms with Gasteiger partial charge in [0, 0.05) is 38.4 Å². The third-order valence-electron chi connectivity index (χ3n) is 4.17. The van der Waals surface area contributed by atoms with Crippen molar-refractivity contribution in [3.05, 3.63) is 30.2 Å². The van der Waals surface area contributed by atoms with E-state index in [1.54, 1.807) is 11.0 Å². The molecule has 1 aliphatic heterocycles. The molecule has 0 saturated carbocycles. The number of carbonyl (C=O) groups excluding carboxylic acids is 1. The standard InChI is InChI=1S/C17H19F3N4O2S/c1-23-5-7-24(8-6-23)15(25)4-10-27-16-21-12(13-3-2-9-26-13)11-14(22-16)17(18,19)20/h2-3,9,11H,4-8,10H2,1H3. The zero-order chi connectivity index (χ0) is 19.4. The Hall–Kier alpha value is -2.07. The second-order valence-corrected chi connectivity index (χ2v) is 7.24. The van der Waals surface area contributed by atoms with Gasteiger partial charge < -0.3 is 14.2 Å². The molecule has 3 heterocycles. The summed E-state index contributed by atoms with van der Waals surface area (Å²) in [6, 6.07) is 3.97. The van der Waals surface area contributed by atoms with Crippen molar-refractivity contribution in [2.75, 3.05) is 39.0 Å². The highest BCUT2D eigenvalue weighted by Gasteiger charge is 2.34. The van der Waals surface area contributed by atoms with Gasteiger partial charge in [0.15, 0.2) is 10.9 Å². The number of halogens is 3. The summed E-state index contributed by atoms with van der Waals surface area (Å²) in [7, 11) is 2.00. The first-order valence-corrected chi connectivity index (χ1v) is 9.41. The van der Waals surface area contributed by atoms with Crippen LogP contribution in [0, 0.1) is 0 Å². The van der Waals surface area contributed by atoms with Gasteiger partial charge in [0.1, 0.15) is 11.4 Å². The number of piperazine rings is 1. The molecule has 0 unspecified atom stereocenters. The summed E-state index contributed by atoms with van der Waals surface area (Å²) in [4.78, 5) is 23.9. The monoisotopic (exact) mass is 400 g/mol. The van der Waals surface area contributed by atoms with E-state index in [1.807, 2.05) is 7.05 Å². The Balaban J connectivity index is 1.65. The van der Waals surface area contributed by atoms with Crippen LogP contribution in [0.5, 0.6) is 0 Å². The first-order valence-electron chi connectivity index (χ1n) is 8.42. The summed E-state index contributed by atoms with van der Waals surface area (Å²) in [5.41, 5.74) is -0.966. The number of furan rings is 1. The molecule has 2 aromatic rings. The van der Waals surface area contributed by atoms with Crippen LogP contribution < -0.4 is 0 Å². The van der Waals surface area contributed by atoms with Crippen LogP contribution >= 0.6 is 11.8 Å². The van der Waals surface area contributed by atoms with Gasteiger partial charge in [0.25, 0.3) is 0 Å². The molecule has 1 saturated heterocycles. The highest BCUT2D eigenvalue weighted by atomic mass is 32.2. The quantitative estimate of drug-likeness (QED) is 0.568. The van der Waals surface area contributed by atoms with E-state index < -0.39 is 11.9 Å². The molecule has 0 atom stereocenters. The smallest absolute Gasteiger partial charge is 0.433 e. The lowest BCUT2D eigenvalue weighted by Gasteiger charge is -2.32. The lowest BCUT2D eigenvalue weighted by atomic mass is 10.2. The van der Waals surface area contributed by atoms with Crippen LogP contribution in [0.4, 0.5) is 13.2 Å². The van der Waals surface area contributed by atoms with Gasteiger partial charge in [-0.25, -0.2) is 9.97 Å². The fraction of sp³-hybridized carbons (Fsp3) is 0.471. The molecule has 0 bridgehead atoms. The Bertz CT molecular complexity index is 775. The number of amides is 1. The SMILES string of the molecule is CN1CCN(C(=O)CCSc2nc(-c3ccco3)cc(C(F)(F)F)n2)CC1. The van der Waals surface area contributed by atoms with Crippen molar-refractivity contribution in [3.63, 3.8) is 0 Å². The summed E-state index contributed by atoms with van der Waals surface area (Å²) < 4.78 is 44.5. The average Bonchev–Trinajstić information content (AvgIpc) is 3.16. The Morgan fingerprint density at radius 1 is 1.26 bits per heavy atom. The molecule has 1 aliphatic rings. The van der Waals surface area contributed by atoms with E-state index in [0.29, 0.717) is 18.8 Å². The van der Waals surface area contributed by atoms with Crippen LogP contribution in [0.2, 0.25) is 0 Å². The van der Waals surface area contributed by atoms with Gasteiger partial charge in [-0.15, -0.1) is 0 Å². The lowest BCUT2D eigenvalue weighted by Crippen LogP contribution is -2.47. The van der Waals surface area contributed by atoms with Gasteiger partial charge >= 0.3 is 6.18 Å². The van der Waals surface area contributed by atoms with Gasteiger partial charge in [0.2, 0.25) is 5.91 Å². The maximum atomic E-state index is 13.1. The molecular weight excluding hydrogens is 381 g/mol. The minimum atomic E-state index is -4.59. The third kappa shape index (κ3) is 5.23. The molecule has 1 amide bonds. The molecule has 6 nitrogen and oxygen atoms in total. The number of thioether (sulfide) groups is 1. The number of hydrogen-bond donors (Lipinski definition) is 0. The van der Waals surface area contributed by atoms with Crippen LogP contribution in [0.25, 0.3) is 11.5 Å². The van der Waals surface area contributed by atoms with E-state index in [0.717, 1.165) is 30.9 Å². The van der Waals surface area contributed by atoms with Crippen molar-refractivity contribution >= 4 is 17.7 Å². The topological polar surface area (TPSA) is 62.5 Å². The second kappa shape index (κ2) is 8.30. The van der Waals surface area contributed by atoms with Crippen molar-refractivity contribution < 1.29 is 22.4 Å². The largest absolute Gasteiger partial charge is 0.463 e. The molecular formula is C17H19F3N4O2S. The molecule has 0 radical (unpaired) electrons. The minimum Gasteiger partial charge on any atom is -0.463 e. The van der Waals surface area contributed by atoms with Gasteiger partial charge in [-0.2, -0.15) is 13.2 Å². The zero-order valence-electron chi connectivity index (χ0n) is 14.7. The minimum absolute atomic E-state index is 0.00571. The average molecular weight is 400 g/mol. The van der Waals surface area contributed by atoms with E-state index in [-0.39, 0.29) is 28.9 Å². The van der Waals surface area contributed by atoms with Crippen LogP contribution in [-0.2, 0) is 11.0 Å². The number of hydrogen-bond acceptors (Lipinski definition) is 6. The molecule has 1 fully saturated rings. The Labute approximate surface area is 158 Å². The summed E-state index contributed by atoms with van der Waals surface area (Å²) in [6.45, 7) is 2.98. The van der Waals surface area contributed by atoms with E-state index in [2.05, 4.69) is 14.9 Å². The highest BCUT2D eigenvalue weighted by Crippen LogP contribution is 2.32. The Kier molecular flexibility index (Phi) is 6.05. The van der Waals surface area contributed by atoms with Crippen LogP contribution in [0.3, 0.4) is 0 Å². The van der Waals surface area contributed by atoms with Gasteiger partial charge in [0.05, 0.1) is 6.26 Å². The van der Waals surface area contributed by atoms with Crippen molar-refractivity contribution in [1.29, 1.82) is 0 Å². The third-order valence-corrected chi connectivity index (χ3v) is 5.02. The molecule has 0 N–H and O–H groups in total. The molecule has 10 heteroatoms. The molecule has 27 heavy (non-hydrogen) atoms. The molecule has 0 aliphatic carbocycles. The van der Waals surface area contributed by atoms with Gasteiger partial charge in [-0.05, 0) is 25.2 Å². The first-order chi connectivity index (χ1) is 12.8. The molecule has 3 rings (SSSR count). The normalized spacial score (nSPS) is 15.9. The fourth-order valence-electron chi connectivity index (χ4n) is 2.63. The molecule has 146 valence electrons. The summed E-state index contributed by atoms with van der Waals surface area (Å²) >= 11 is 1.03. The number of rotatable bonds is 5. The molecule has 2 aromatic heterocycles. The summed E-state index contributed by atoms with van der Waals surface area (Å²) in [6.07, 6.45) is -2.99. The Morgan fingerprint density at radius 2 is 2.00 bits per heavy atom. The number of alkyl halides is 3. The van der Waals surface area contributed by atoms with Crippen LogP contribution in [0.15, 0.2) is 34.0 Å². The predicted molar refractivity (Wildman–Crippen MR) is 94.2 cm³/mol. The number of nitrogens with zero attached hydrogens (tertiary/aromatic N) is 4.